The van der Waals surface area contributed by atoms with Gasteiger partial charge in [0, 0.05) is 27.4 Å². The van der Waals surface area contributed by atoms with E-state index in [1.54, 1.807) is 12.1 Å². The fourth-order valence-corrected chi connectivity index (χ4v) is 2.08. The van der Waals surface area contributed by atoms with E-state index < -0.39 is 0 Å². The van der Waals surface area contributed by atoms with Crippen molar-refractivity contribution in [2.75, 3.05) is 0 Å². The molecule has 0 fully saturated rings. The third-order valence-corrected chi connectivity index (χ3v) is 3.44. The van der Waals surface area contributed by atoms with Gasteiger partial charge in [0.2, 0.25) is 5.88 Å². The van der Waals surface area contributed by atoms with Gasteiger partial charge in [-0.2, -0.15) is 0 Å². The minimum atomic E-state index is 0.0289. The molecule has 0 unspecified atom stereocenters. The average molecular weight is 336 g/mol. The van der Waals surface area contributed by atoms with E-state index in [2.05, 4.69) is 26.1 Å². The number of halogens is 1. The van der Waals surface area contributed by atoms with Crippen molar-refractivity contribution in [3.05, 3.63) is 57.7 Å². The first-order valence-corrected chi connectivity index (χ1v) is 6.72. The maximum Gasteiger partial charge on any atom is 0.214 e. The minimum Gasteiger partial charge on any atom is -0.473 e. The molecule has 20 heavy (non-hydrogen) atoms. The van der Waals surface area contributed by atoms with Crippen molar-refractivity contribution < 1.29 is 9.94 Å². The lowest BCUT2D eigenvalue weighted by atomic mass is 10.2. The molecular weight excluding hydrogens is 322 g/mol. The number of hydrogen-bond donors (Lipinski definition) is 2. The number of nitrogens with two attached hydrogens (primary N) is 1. The van der Waals surface area contributed by atoms with Crippen molar-refractivity contribution in [2.45, 2.75) is 13.5 Å². The number of nitrogens with zero attached hydrogens (tertiary/aromatic N) is 2. The standard InChI is InChI=1S/C14H14BrN3O2/c1-9-6-11(14(16)18-19)7-13(17-9)20-8-10-4-2-3-5-12(10)15/h2-7,19H,8H2,1H3,(H2,16,18). The third kappa shape index (κ3) is 3.48. The molecule has 0 amide bonds. The molecule has 0 radical (unpaired) electrons. The number of aromatic nitrogens is 1. The SMILES string of the molecule is Cc1cc(/C(N)=N/O)cc(OCc2ccccc2Br)n1. The minimum absolute atomic E-state index is 0.0289. The highest BCUT2D eigenvalue weighted by Gasteiger charge is 2.06. The van der Waals surface area contributed by atoms with Crippen molar-refractivity contribution >= 4 is 21.8 Å². The van der Waals surface area contributed by atoms with E-state index in [4.69, 9.17) is 15.7 Å². The van der Waals surface area contributed by atoms with E-state index in [-0.39, 0.29) is 5.84 Å². The van der Waals surface area contributed by atoms with E-state index in [1.165, 1.54) is 0 Å². The van der Waals surface area contributed by atoms with Gasteiger partial charge in [0.1, 0.15) is 6.61 Å². The Balaban J connectivity index is 2.18. The third-order valence-electron chi connectivity index (χ3n) is 2.67. The van der Waals surface area contributed by atoms with Crippen LogP contribution >= 0.6 is 15.9 Å². The van der Waals surface area contributed by atoms with Crippen molar-refractivity contribution in [1.29, 1.82) is 0 Å². The predicted molar refractivity (Wildman–Crippen MR) is 80.0 cm³/mol. The smallest absolute Gasteiger partial charge is 0.214 e. The normalized spacial score (nSPS) is 11.4. The number of hydrogen-bond acceptors (Lipinski definition) is 4. The second-order valence-corrected chi connectivity index (χ2v) is 5.06. The summed E-state index contributed by atoms with van der Waals surface area (Å²) < 4.78 is 6.63. The molecular formula is C14H14BrN3O2. The van der Waals surface area contributed by atoms with E-state index >= 15 is 0 Å². The Hall–Kier alpha value is -2.08. The van der Waals surface area contributed by atoms with Gasteiger partial charge in [-0.1, -0.05) is 39.3 Å². The largest absolute Gasteiger partial charge is 0.473 e. The highest BCUT2D eigenvalue weighted by Crippen LogP contribution is 2.19. The molecule has 0 bridgehead atoms. The van der Waals surface area contributed by atoms with Gasteiger partial charge in [-0.25, -0.2) is 4.98 Å². The zero-order chi connectivity index (χ0) is 14.5. The summed E-state index contributed by atoms with van der Waals surface area (Å²) in [7, 11) is 0. The van der Waals surface area contributed by atoms with Crippen LogP contribution in [0, 0.1) is 6.92 Å². The summed E-state index contributed by atoms with van der Waals surface area (Å²) in [5.74, 6) is 0.462. The lowest BCUT2D eigenvalue weighted by Crippen LogP contribution is -2.14. The summed E-state index contributed by atoms with van der Waals surface area (Å²) in [6, 6.07) is 11.2. The van der Waals surface area contributed by atoms with Crippen LogP contribution in [0.15, 0.2) is 46.0 Å². The van der Waals surface area contributed by atoms with Gasteiger partial charge in [-0.15, -0.1) is 0 Å². The predicted octanol–water partition coefficient (Wildman–Crippen LogP) is 2.83. The number of ether oxygens (including phenoxy) is 1. The van der Waals surface area contributed by atoms with Crippen molar-refractivity contribution in [3.63, 3.8) is 0 Å². The van der Waals surface area contributed by atoms with Crippen LogP contribution in [0.25, 0.3) is 0 Å². The van der Waals surface area contributed by atoms with Crippen LogP contribution in [0.5, 0.6) is 5.88 Å². The second-order valence-electron chi connectivity index (χ2n) is 4.20. The Morgan fingerprint density at radius 3 is 2.85 bits per heavy atom. The van der Waals surface area contributed by atoms with Crippen LogP contribution in [0.1, 0.15) is 16.8 Å². The molecule has 0 atom stereocenters. The molecule has 1 aromatic heterocycles. The fraction of sp³-hybridized carbons (Fsp3) is 0.143. The fourth-order valence-electron chi connectivity index (χ4n) is 1.68. The number of benzene rings is 1. The summed E-state index contributed by atoms with van der Waals surface area (Å²) in [4.78, 5) is 4.27. The molecule has 0 aliphatic heterocycles. The number of amidine groups is 1. The van der Waals surface area contributed by atoms with Gasteiger partial charge in [0.15, 0.2) is 5.84 Å². The summed E-state index contributed by atoms with van der Waals surface area (Å²) in [5, 5.41) is 11.7. The number of rotatable bonds is 4. The van der Waals surface area contributed by atoms with Crippen molar-refractivity contribution in [2.24, 2.45) is 10.9 Å². The van der Waals surface area contributed by atoms with Crippen molar-refractivity contribution in [3.8, 4) is 5.88 Å². The van der Waals surface area contributed by atoms with Gasteiger partial charge >= 0.3 is 0 Å². The van der Waals surface area contributed by atoms with Crippen molar-refractivity contribution in [1.82, 2.24) is 4.98 Å². The molecule has 1 aromatic carbocycles. The molecule has 6 heteroatoms. The summed E-state index contributed by atoms with van der Waals surface area (Å²) in [5.41, 5.74) is 7.89. The Labute approximate surface area is 125 Å². The quantitative estimate of drug-likeness (QED) is 0.389. The number of pyridine rings is 1. The second kappa shape index (κ2) is 6.38. The van der Waals surface area contributed by atoms with Gasteiger partial charge in [0.25, 0.3) is 0 Å². The van der Waals surface area contributed by atoms with E-state index in [0.29, 0.717) is 18.1 Å². The van der Waals surface area contributed by atoms with Crippen LogP contribution in [0.4, 0.5) is 0 Å². The first kappa shape index (κ1) is 14.3. The molecule has 5 nitrogen and oxygen atoms in total. The molecule has 0 spiro atoms. The molecule has 2 aromatic rings. The van der Waals surface area contributed by atoms with Crippen LogP contribution in [-0.4, -0.2) is 16.0 Å². The molecule has 0 aliphatic rings. The summed E-state index contributed by atoms with van der Waals surface area (Å²) in [6.07, 6.45) is 0. The monoisotopic (exact) mass is 335 g/mol. The highest BCUT2D eigenvalue weighted by molar-refractivity contribution is 9.10. The Kier molecular flexibility index (Phi) is 4.57. The lowest BCUT2D eigenvalue weighted by molar-refractivity contribution is 0.292. The summed E-state index contributed by atoms with van der Waals surface area (Å²) >= 11 is 3.46. The zero-order valence-corrected chi connectivity index (χ0v) is 12.5. The topological polar surface area (TPSA) is 80.7 Å². The van der Waals surface area contributed by atoms with Gasteiger partial charge in [-0.05, 0) is 19.1 Å². The van der Waals surface area contributed by atoms with E-state index in [9.17, 15) is 0 Å². The van der Waals surface area contributed by atoms with Gasteiger partial charge in [-0.3, -0.25) is 0 Å². The molecule has 1 heterocycles. The van der Waals surface area contributed by atoms with Crippen LogP contribution in [0.2, 0.25) is 0 Å². The number of aryl methyl sites for hydroxylation is 1. The van der Waals surface area contributed by atoms with E-state index in [1.807, 2.05) is 31.2 Å². The molecule has 2 rings (SSSR count). The molecule has 0 saturated heterocycles. The Bertz CT molecular complexity index is 644. The zero-order valence-electron chi connectivity index (χ0n) is 10.9. The Morgan fingerprint density at radius 2 is 2.15 bits per heavy atom. The Morgan fingerprint density at radius 1 is 1.40 bits per heavy atom. The first-order chi connectivity index (χ1) is 9.60. The van der Waals surface area contributed by atoms with Crippen LogP contribution < -0.4 is 10.5 Å². The van der Waals surface area contributed by atoms with Crippen LogP contribution in [0.3, 0.4) is 0 Å². The average Bonchev–Trinajstić information content (AvgIpc) is 2.45. The van der Waals surface area contributed by atoms with Gasteiger partial charge in [0.05, 0.1) is 0 Å². The number of oxime groups is 1. The summed E-state index contributed by atoms with van der Waals surface area (Å²) in [6.45, 7) is 2.20. The lowest BCUT2D eigenvalue weighted by Gasteiger charge is -2.09. The van der Waals surface area contributed by atoms with Gasteiger partial charge < -0.3 is 15.7 Å². The maximum atomic E-state index is 8.71. The molecule has 0 aliphatic carbocycles. The first-order valence-electron chi connectivity index (χ1n) is 5.93. The van der Waals surface area contributed by atoms with E-state index in [0.717, 1.165) is 15.7 Å². The highest BCUT2D eigenvalue weighted by atomic mass is 79.9. The molecule has 3 N–H and O–H groups in total. The molecule has 104 valence electrons. The van der Waals surface area contributed by atoms with Crippen LogP contribution in [-0.2, 0) is 6.61 Å². The maximum absolute atomic E-state index is 8.71. The molecule has 0 saturated carbocycles.